The molecule has 0 radical (unpaired) electrons. The molecule has 0 saturated carbocycles. The third-order valence-corrected chi connectivity index (χ3v) is 4.68. The number of fused-ring (bicyclic) bond motifs is 3. The molecule has 1 N–H and O–H groups in total. The van der Waals surface area contributed by atoms with Crippen LogP contribution in [0.2, 0.25) is 0 Å². The molecule has 0 atom stereocenters. The average Bonchev–Trinajstić information content (AvgIpc) is 2.97. The minimum atomic E-state index is 0.112. The number of aromatic amines is 1. The van der Waals surface area contributed by atoms with E-state index in [1.165, 1.54) is 10.9 Å². The maximum Gasteiger partial charge on any atom is 0.205 e. The Morgan fingerprint density at radius 3 is 2.62 bits per heavy atom. The molecule has 1 heterocycles. The molecular formula is C21H19NO2. The van der Waals surface area contributed by atoms with E-state index in [0.717, 1.165) is 46.5 Å². The first-order valence-corrected chi connectivity index (χ1v) is 8.16. The number of benzene rings is 2. The highest BCUT2D eigenvalue weighted by Gasteiger charge is 2.25. The van der Waals surface area contributed by atoms with Gasteiger partial charge in [-0.05, 0) is 61.2 Å². The highest BCUT2D eigenvalue weighted by atomic mass is 16.5. The Kier molecular flexibility index (Phi) is 3.49. The van der Waals surface area contributed by atoms with Crippen LogP contribution in [0.5, 0.6) is 5.75 Å². The molecule has 4 rings (SSSR count). The first-order valence-electron chi connectivity index (χ1n) is 8.16. The zero-order valence-electron chi connectivity index (χ0n) is 13.8. The Balaban J connectivity index is 1.73. The molecule has 0 amide bonds. The molecular weight excluding hydrogens is 298 g/mol. The second-order valence-electron chi connectivity index (χ2n) is 6.30. The zero-order chi connectivity index (χ0) is 16.7. The highest BCUT2D eigenvalue weighted by Crippen LogP contribution is 2.32. The first kappa shape index (κ1) is 14.8. The van der Waals surface area contributed by atoms with Crippen LogP contribution >= 0.6 is 0 Å². The predicted octanol–water partition coefficient (Wildman–Crippen LogP) is 4.70. The Morgan fingerprint density at radius 2 is 1.88 bits per heavy atom. The van der Waals surface area contributed by atoms with Crippen molar-refractivity contribution in [2.45, 2.75) is 19.8 Å². The number of aromatic nitrogens is 1. The standard InChI is InChI=1S/C21H19NO2/c1-13-3-10-19-18(11-13)17-9-6-15(21(23)20(17)22-19)12-14-4-7-16(24-2)8-5-14/h3-5,7-8,10-12,22H,6,9H2,1-2H3/b15-12-. The van der Waals surface area contributed by atoms with Gasteiger partial charge in [0.2, 0.25) is 5.78 Å². The summed E-state index contributed by atoms with van der Waals surface area (Å²) in [5.41, 5.74) is 6.05. The van der Waals surface area contributed by atoms with Crippen molar-refractivity contribution in [2.75, 3.05) is 7.11 Å². The van der Waals surface area contributed by atoms with Crippen molar-refractivity contribution in [3.63, 3.8) is 0 Å². The Hall–Kier alpha value is -2.81. The van der Waals surface area contributed by atoms with Crippen LogP contribution in [0.4, 0.5) is 0 Å². The van der Waals surface area contributed by atoms with E-state index >= 15 is 0 Å². The SMILES string of the molecule is COc1ccc(/C=C2/CCc3c([nH]c4ccc(C)cc34)C2=O)cc1. The number of carbonyl (C=O) groups excluding carboxylic acids is 1. The third kappa shape index (κ3) is 2.42. The summed E-state index contributed by atoms with van der Waals surface area (Å²) in [6.07, 6.45) is 3.66. The Labute approximate surface area is 141 Å². The third-order valence-electron chi connectivity index (χ3n) is 4.68. The summed E-state index contributed by atoms with van der Waals surface area (Å²) >= 11 is 0. The lowest BCUT2D eigenvalue weighted by molar-refractivity contribution is 0.102. The molecule has 3 heteroatoms. The van der Waals surface area contributed by atoms with Gasteiger partial charge in [-0.3, -0.25) is 4.79 Å². The average molecular weight is 317 g/mol. The van der Waals surface area contributed by atoms with E-state index in [0.29, 0.717) is 0 Å². The van der Waals surface area contributed by atoms with Gasteiger partial charge >= 0.3 is 0 Å². The number of ether oxygens (including phenoxy) is 1. The van der Waals surface area contributed by atoms with Gasteiger partial charge in [-0.25, -0.2) is 0 Å². The van der Waals surface area contributed by atoms with E-state index in [1.807, 2.05) is 30.3 Å². The summed E-state index contributed by atoms with van der Waals surface area (Å²) in [5.74, 6) is 0.932. The van der Waals surface area contributed by atoms with Gasteiger partial charge in [0.15, 0.2) is 0 Å². The number of nitrogens with one attached hydrogen (secondary N) is 1. The minimum absolute atomic E-state index is 0.112. The van der Waals surface area contributed by atoms with Crippen LogP contribution in [-0.2, 0) is 6.42 Å². The lowest BCUT2D eigenvalue weighted by atomic mass is 9.89. The number of aryl methyl sites for hydroxylation is 2. The molecule has 120 valence electrons. The fourth-order valence-corrected chi connectivity index (χ4v) is 3.39. The van der Waals surface area contributed by atoms with Gasteiger partial charge in [0.25, 0.3) is 0 Å². The van der Waals surface area contributed by atoms with Crippen molar-refractivity contribution in [1.29, 1.82) is 0 Å². The van der Waals surface area contributed by atoms with Gasteiger partial charge < -0.3 is 9.72 Å². The normalized spacial score (nSPS) is 15.8. The van der Waals surface area contributed by atoms with Crippen LogP contribution in [-0.4, -0.2) is 17.9 Å². The molecule has 0 unspecified atom stereocenters. The lowest BCUT2D eigenvalue weighted by Gasteiger charge is -2.14. The fraction of sp³-hybridized carbons (Fsp3) is 0.190. The minimum Gasteiger partial charge on any atom is -0.497 e. The van der Waals surface area contributed by atoms with Crippen molar-refractivity contribution in [1.82, 2.24) is 4.98 Å². The molecule has 1 aliphatic carbocycles. The molecule has 1 aliphatic rings. The van der Waals surface area contributed by atoms with Crippen LogP contribution in [0.1, 0.15) is 33.6 Å². The number of Topliss-reactive ketones (excluding diaryl/α,β-unsaturated/α-hetero) is 1. The molecule has 3 aromatic rings. The van der Waals surface area contributed by atoms with E-state index < -0.39 is 0 Å². The molecule has 0 fully saturated rings. The maximum atomic E-state index is 12.9. The molecule has 3 nitrogen and oxygen atoms in total. The van der Waals surface area contributed by atoms with Crippen LogP contribution < -0.4 is 4.74 Å². The quantitative estimate of drug-likeness (QED) is 0.696. The number of ketones is 1. The highest BCUT2D eigenvalue weighted by molar-refractivity contribution is 6.15. The van der Waals surface area contributed by atoms with Crippen molar-refractivity contribution >= 4 is 22.8 Å². The van der Waals surface area contributed by atoms with Gasteiger partial charge in [-0.15, -0.1) is 0 Å². The first-order chi connectivity index (χ1) is 11.7. The van der Waals surface area contributed by atoms with E-state index in [-0.39, 0.29) is 5.78 Å². The summed E-state index contributed by atoms with van der Waals surface area (Å²) < 4.78 is 5.18. The number of hydrogen-bond acceptors (Lipinski definition) is 2. The Bertz CT molecular complexity index is 961. The summed E-state index contributed by atoms with van der Waals surface area (Å²) in [6, 6.07) is 14.1. The molecule has 1 aromatic heterocycles. The summed E-state index contributed by atoms with van der Waals surface area (Å²) in [4.78, 5) is 16.2. The van der Waals surface area contributed by atoms with Gasteiger partial charge in [-0.2, -0.15) is 0 Å². The molecule has 0 aliphatic heterocycles. The topological polar surface area (TPSA) is 42.1 Å². The largest absolute Gasteiger partial charge is 0.497 e. The maximum absolute atomic E-state index is 12.9. The summed E-state index contributed by atoms with van der Waals surface area (Å²) in [7, 11) is 1.65. The monoisotopic (exact) mass is 317 g/mol. The number of allylic oxidation sites excluding steroid dienone is 1. The van der Waals surface area contributed by atoms with Crippen molar-refractivity contribution < 1.29 is 9.53 Å². The Morgan fingerprint density at radius 1 is 1.08 bits per heavy atom. The number of carbonyl (C=O) groups is 1. The number of hydrogen-bond donors (Lipinski definition) is 1. The van der Waals surface area contributed by atoms with Crippen molar-refractivity contribution in [3.05, 3.63) is 70.4 Å². The van der Waals surface area contributed by atoms with Crippen molar-refractivity contribution in [2.24, 2.45) is 0 Å². The van der Waals surface area contributed by atoms with E-state index in [4.69, 9.17) is 4.74 Å². The molecule has 0 saturated heterocycles. The van der Waals surface area contributed by atoms with Crippen LogP contribution in [0.3, 0.4) is 0 Å². The van der Waals surface area contributed by atoms with E-state index in [1.54, 1.807) is 7.11 Å². The molecule has 0 spiro atoms. The van der Waals surface area contributed by atoms with Crippen LogP contribution in [0.25, 0.3) is 17.0 Å². The summed E-state index contributed by atoms with van der Waals surface area (Å²) in [6.45, 7) is 2.08. The number of H-pyrrole nitrogens is 1. The predicted molar refractivity (Wildman–Crippen MR) is 96.7 cm³/mol. The van der Waals surface area contributed by atoms with Gasteiger partial charge in [0, 0.05) is 16.5 Å². The second kappa shape index (κ2) is 5.68. The van der Waals surface area contributed by atoms with E-state index in [9.17, 15) is 4.79 Å². The zero-order valence-corrected chi connectivity index (χ0v) is 13.8. The fourth-order valence-electron chi connectivity index (χ4n) is 3.39. The van der Waals surface area contributed by atoms with E-state index in [2.05, 4.69) is 30.1 Å². The van der Waals surface area contributed by atoms with Gasteiger partial charge in [0.1, 0.15) is 5.75 Å². The smallest absolute Gasteiger partial charge is 0.205 e. The van der Waals surface area contributed by atoms with Gasteiger partial charge in [-0.1, -0.05) is 23.8 Å². The number of methoxy groups -OCH3 is 1. The molecule has 2 aromatic carbocycles. The van der Waals surface area contributed by atoms with Crippen LogP contribution in [0, 0.1) is 6.92 Å². The second-order valence-corrected chi connectivity index (χ2v) is 6.30. The van der Waals surface area contributed by atoms with Crippen molar-refractivity contribution in [3.8, 4) is 5.75 Å². The molecule has 24 heavy (non-hydrogen) atoms. The summed E-state index contributed by atoms with van der Waals surface area (Å²) in [5, 5.41) is 1.18. The number of rotatable bonds is 2. The molecule has 0 bridgehead atoms. The van der Waals surface area contributed by atoms with Crippen LogP contribution in [0.15, 0.2) is 48.0 Å². The lowest BCUT2D eigenvalue weighted by Crippen LogP contribution is -2.13. The van der Waals surface area contributed by atoms with Gasteiger partial charge in [0.05, 0.1) is 12.8 Å².